The molecule has 2 aromatic carbocycles. The molecule has 4 heteroatoms. The maximum absolute atomic E-state index is 5.96. The zero-order valence-corrected chi connectivity index (χ0v) is 11.5. The van der Waals surface area contributed by atoms with Gasteiger partial charge in [0.25, 0.3) is 0 Å². The average molecular weight is 277 g/mol. The molecule has 92 valence electrons. The van der Waals surface area contributed by atoms with Crippen LogP contribution in [-0.4, -0.2) is 5.11 Å². The minimum atomic E-state index is 0.548. The SMILES string of the molecule is Cc1ccc(Cl)cc1NC(=S)Nc1ccccc1. The van der Waals surface area contributed by atoms with Gasteiger partial charge in [0.15, 0.2) is 5.11 Å². The summed E-state index contributed by atoms with van der Waals surface area (Å²) in [5.41, 5.74) is 2.96. The molecule has 18 heavy (non-hydrogen) atoms. The molecular weight excluding hydrogens is 264 g/mol. The molecule has 2 rings (SSSR count). The Morgan fingerprint density at radius 1 is 1.06 bits per heavy atom. The molecule has 0 radical (unpaired) electrons. The fourth-order valence-electron chi connectivity index (χ4n) is 1.54. The highest BCUT2D eigenvalue weighted by Crippen LogP contribution is 2.20. The van der Waals surface area contributed by atoms with Crippen LogP contribution >= 0.6 is 23.8 Å². The lowest BCUT2D eigenvalue weighted by molar-refractivity contribution is 1.45. The van der Waals surface area contributed by atoms with E-state index in [4.69, 9.17) is 23.8 Å². The van der Waals surface area contributed by atoms with E-state index in [0.29, 0.717) is 10.1 Å². The van der Waals surface area contributed by atoms with E-state index in [2.05, 4.69) is 10.6 Å². The molecule has 0 saturated carbocycles. The standard InChI is InChI=1S/C14H13ClN2S/c1-10-7-8-11(15)9-13(10)17-14(18)16-12-5-3-2-4-6-12/h2-9H,1H3,(H2,16,17,18). The van der Waals surface area contributed by atoms with Gasteiger partial charge in [0.2, 0.25) is 0 Å². The minimum absolute atomic E-state index is 0.548. The molecule has 0 aliphatic carbocycles. The van der Waals surface area contributed by atoms with Gasteiger partial charge in [-0.1, -0.05) is 35.9 Å². The molecule has 0 bridgehead atoms. The van der Waals surface area contributed by atoms with Crippen molar-refractivity contribution in [3.8, 4) is 0 Å². The Kier molecular flexibility index (Phi) is 4.18. The Balaban J connectivity index is 2.05. The molecule has 0 aliphatic rings. The normalized spacial score (nSPS) is 9.89. The highest BCUT2D eigenvalue weighted by molar-refractivity contribution is 7.80. The van der Waals surface area contributed by atoms with Crippen LogP contribution in [0.2, 0.25) is 5.02 Å². The first-order chi connectivity index (χ1) is 8.65. The highest BCUT2D eigenvalue weighted by atomic mass is 35.5. The van der Waals surface area contributed by atoms with Gasteiger partial charge in [0.05, 0.1) is 0 Å². The molecule has 0 unspecified atom stereocenters. The Bertz CT molecular complexity index is 555. The first kappa shape index (κ1) is 12.9. The largest absolute Gasteiger partial charge is 0.332 e. The number of aryl methyl sites for hydroxylation is 1. The van der Waals surface area contributed by atoms with Gasteiger partial charge in [-0.25, -0.2) is 0 Å². The summed E-state index contributed by atoms with van der Waals surface area (Å²) in [7, 11) is 0. The van der Waals surface area contributed by atoms with Crippen molar-refractivity contribution in [2.24, 2.45) is 0 Å². The molecule has 0 atom stereocenters. The Morgan fingerprint density at radius 3 is 2.50 bits per heavy atom. The van der Waals surface area contributed by atoms with Crippen molar-refractivity contribution in [1.29, 1.82) is 0 Å². The van der Waals surface area contributed by atoms with Crippen molar-refractivity contribution in [3.05, 3.63) is 59.1 Å². The number of hydrogen-bond acceptors (Lipinski definition) is 1. The fourth-order valence-corrected chi connectivity index (χ4v) is 1.93. The van der Waals surface area contributed by atoms with Gasteiger partial charge in [-0.3, -0.25) is 0 Å². The molecule has 0 spiro atoms. The zero-order chi connectivity index (χ0) is 13.0. The lowest BCUT2D eigenvalue weighted by Gasteiger charge is -2.12. The second kappa shape index (κ2) is 5.85. The van der Waals surface area contributed by atoms with Gasteiger partial charge in [-0.05, 0) is 49.0 Å². The summed E-state index contributed by atoms with van der Waals surface area (Å²) in [6, 6.07) is 15.5. The number of rotatable bonds is 2. The maximum Gasteiger partial charge on any atom is 0.175 e. The smallest absolute Gasteiger partial charge is 0.175 e. The summed E-state index contributed by atoms with van der Waals surface area (Å²) in [4.78, 5) is 0. The van der Waals surface area contributed by atoms with Crippen molar-refractivity contribution in [2.45, 2.75) is 6.92 Å². The van der Waals surface area contributed by atoms with Gasteiger partial charge in [0, 0.05) is 16.4 Å². The summed E-state index contributed by atoms with van der Waals surface area (Å²) in [5.74, 6) is 0. The van der Waals surface area contributed by atoms with Crippen LogP contribution in [-0.2, 0) is 0 Å². The van der Waals surface area contributed by atoms with E-state index in [0.717, 1.165) is 16.9 Å². The van der Waals surface area contributed by atoms with Crippen molar-refractivity contribution >= 4 is 40.3 Å². The van der Waals surface area contributed by atoms with E-state index < -0.39 is 0 Å². The molecule has 0 saturated heterocycles. The van der Waals surface area contributed by atoms with E-state index in [1.807, 2.05) is 55.5 Å². The van der Waals surface area contributed by atoms with Crippen molar-refractivity contribution in [1.82, 2.24) is 0 Å². The third-order valence-corrected chi connectivity index (χ3v) is 2.92. The Hall–Kier alpha value is -1.58. The highest BCUT2D eigenvalue weighted by Gasteiger charge is 2.02. The number of nitrogens with one attached hydrogen (secondary N) is 2. The van der Waals surface area contributed by atoms with Crippen molar-refractivity contribution in [3.63, 3.8) is 0 Å². The van der Waals surface area contributed by atoms with Crippen LogP contribution in [0.25, 0.3) is 0 Å². The van der Waals surface area contributed by atoms with E-state index in [1.54, 1.807) is 0 Å². The summed E-state index contributed by atoms with van der Waals surface area (Å²) >= 11 is 11.2. The van der Waals surface area contributed by atoms with Crippen LogP contribution in [0.4, 0.5) is 11.4 Å². The molecule has 2 nitrogen and oxygen atoms in total. The average Bonchev–Trinajstić information content (AvgIpc) is 2.35. The zero-order valence-electron chi connectivity index (χ0n) is 9.91. The molecule has 0 fully saturated rings. The van der Waals surface area contributed by atoms with Crippen molar-refractivity contribution in [2.75, 3.05) is 10.6 Å². The monoisotopic (exact) mass is 276 g/mol. The minimum Gasteiger partial charge on any atom is -0.332 e. The third-order valence-electron chi connectivity index (χ3n) is 2.48. The number of benzene rings is 2. The first-order valence-corrected chi connectivity index (χ1v) is 6.33. The fraction of sp³-hybridized carbons (Fsp3) is 0.0714. The van der Waals surface area contributed by atoms with Crippen LogP contribution < -0.4 is 10.6 Å². The summed E-state index contributed by atoms with van der Waals surface area (Å²) in [5, 5.41) is 7.48. The second-order valence-electron chi connectivity index (χ2n) is 3.90. The van der Waals surface area contributed by atoms with Gasteiger partial charge in [-0.2, -0.15) is 0 Å². The van der Waals surface area contributed by atoms with Crippen LogP contribution in [0.15, 0.2) is 48.5 Å². The summed E-state index contributed by atoms with van der Waals surface area (Å²) in [6.07, 6.45) is 0. The lowest BCUT2D eigenvalue weighted by atomic mass is 10.2. The predicted octanol–water partition coefficient (Wildman–Crippen LogP) is 4.46. The molecule has 0 aromatic heterocycles. The molecule has 2 aromatic rings. The lowest BCUT2D eigenvalue weighted by Crippen LogP contribution is -2.19. The molecule has 0 aliphatic heterocycles. The van der Waals surface area contributed by atoms with E-state index >= 15 is 0 Å². The number of thiocarbonyl (C=S) groups is 1. The molecule has 2 N–H and O–H groups in total. The van der Waals surface area contributed by atoms with Crippen LogP contribution in [0.3, 0.4) is 0 Å². The number of anilines is 2. The van der Waals surface area contributed by atoms with E-state index in [1.165, 1.54) is 0 Å². The van der Waals surface area contributed by atoms with Crippen molar-refractivity contribution < 1.29 is 0 Å². The van der Waals surface area contributed by atoms with Crippen LogP contribution in [0.5, 0.6) is 0 Å². The molecule has 0 heterocycles. The molecule has 0 amide bonds. The Labute approximate surface area is 117 Å². The Morgan fingerprint density at radius 2 is 1.78 bits per heavy atom. The topological polar surface area (TPSA) is 24.1 Å². The van der Waals surface area contributed by atoms with Crippen LogP contribution in [0, 0.1) is 6.92 Å². The number of hydrogen-bond donors (Lipinski definition) is 2. The predicted molar refractivity (Wildman–Crippen MR) is 82.5 cm³/mol. The third kappa shape index (κ3) is 3.45. The number of para-hydroxylation sites is 1. The van der Waals surface area contributed by atoms with Gasteiger partial charge in [-0.15, -0.1) is 0 Å². The maximum atomic E-state index is 5.96. The summed E-state index contributed by atoms with van der Waals surface area (Å²) < 4.78 is 0. The van der Waals surface area contributed by atoms with Gasteiger partial charge in [0.1, 0.15) is 0 Å². The number of halogens is 1. The first-order valence-electron chi connectivity index (χ1n) is 5.54. The van der Waals surface area contributed by atoms with E-state index in [9.17, 15) is 0 Å². The van der Waals surface area contributed by atoms with E-state index in [-0.39, 0.29) is 0 Å². The van der Waals surface area contributed by atoms with Gasteiger partial charge >= 0.3 is 0 Å². The molecular formula is C14H13ClN2S. The van der Waals surface area contributed by atoms with Gasteiger partial charge < -0.3 is 10.6 Å². The second-order valence-corrected chi connectivity index (χ2v) is 4.75. The summed E-state index contributed by atoms with van der Waals surface area (Å²) in [6.45, 7) is 2.00. The quantitative estimate of drug-likeness (QED) is 0.792. The van der Waals surface area contributed by atoms with Crippen LogP contribution in [0.1, 0.15) is 5.56 Å².